The van der Waals surface area contributed by atoms with E-state index < -0.39 is 21.5 Å². The van der Waals surface area contributed by atoms with Gasteiger partial charge in [-0.05, 0) is 43.9 Å². The van der Waals surface area contributed by atoms with Crippen molar-refractivity contribution in [2.45, 2.75) is 38.0 Å². The van der Waals surface area contributed by atoms with Crippen LogP contribution in [0.2, 0.25) is 0 Å². The van der Waals surface area contributed by atoms with Crippen LogP contribution in [0, 0.1) is 11.3 Å². The molecule has 1 unspecified atom stereocenters. The maximum Gasteiger partial charge on any atom is 0.407 e. The van der Waals surface area contributed by atoms with Crippen molar-refractivity contribution in [1.82, 2.24) is 5.32 Å². The minimum absolute atomic E-state index is 0.0132. The van der Waals surface area contributed by atoms with E-state index in [4.69, 9.17) is 8.92 Å². The van der Waals surface area contributed by atoms with Crippen LogP contribution in [-0.2, 0) is 26.3 Å². The van der Waals surface area contributed by atoms with E-state index >= 15 is 0 Å². The van der Waals surface area contributed by atoms with Gasteiger partial charge in [-0.3, -0.25) is 4.79 Å². The summed E-state index contributed by atoms with van der Waals surface area (Å²) in [5.74, 6) is -0.441. The van der Waals surface area contributed by atoms with Crippen LogP contribution >= 0.6 is 0 Å². The van der Waals surface area contributed by atoms with Crippen LogP contribution in [-0.4, -0.2) is 32.6 Å². The first-order valence-electron chi connectivity index (χ1n) is 8.30. The van der Waals surface area contributed by atoms with Gasteiger partial charge in [0.15, 0.2) is 11.5 Å². The Bertz CT molecular complexity index is 914. The lowest BCUT2D eigenvalue weighted by atomic mass is 9.96. The first-order chi connectivity index (χ1) is 12.8. The molecule has 0 saturated carbocycles. The number of nitriles is 1. The van der Waals surface area contributed by atoms with E-state index in [0.717, 1.165) is 0 Å². The second-order valence-corrected chi connectivity index (χ2v) is 7.70. The van der Waals surface area contributed by atoms with Gasteiger partial charge in [0.2, 0.25) is 0 Å². The molecule has 0 saturated heterocycles. The molecule has 1 aromatic rings. The van der Waals surface area contributed by atoms with Crippen LogP contribution in [0.15, 0.2) is 29.8 Å². The number of nitrogens with one attached hydrogen (secondary N) is 1. The number of amides is 1. The molecule has 1 atom stereocenters. The molecule has 8 nitrogen and oxygen atoms in total. The van der Waals surface area contributed by atoms with Crippen molar-refractivity contribution >= 4 is 22.0 Å². The third kappa shape index (κ3) is 5.08. The fraction of sp³-hybridized carbons (Fsp3) is 0.389. The quantitative estimate of drug-likeness (QED) is 0.736. The molecule has 1 amide bonds. The van der Waals surface area contributed by atoms with Gasteiger partial charge >= 0.3 is 16.2 Å². The Balaban J connectivity index is 2.24. The van der Waals surface area contributed by atoms with E-state index in [9.17, 15) is 23.3 Å². The summed E-state index contributed by atoms with van der Waals surface area (Å²) in [5, 5.41) is 10.5. The third-order valence-electron chi connectivity index (χ3n) is 4.08. The molecule has 0 spiro atoms. The van der Waals surface area contributed by atoms with Crippen LogP contribution in [0.1, 0.15) is 37.3 Å². The SMILES string of the molecule is CNC(=O)OCc1ccc(OS(=O)(=O)C2CCCC=C2C(C)=O)c(C#N)c1. The number of alkyl carbamates (subject to hydrolysis) is 1. The fourth-order valence-electron chi connectivity index (χ4n) is 2.75. The number of hydrogen-bond acceptors (Lipinski definition) is 7. The zero-order valence-corrected chi connectivity index (χ0v) is 15.8. The molecule has 1 aliphatic rings. The average molecular weight is 392 g/mol. The number of ketones is 1. The molecule has 1 aromatic carbocycles. The number of carbonyl (C=O) groups is 2. The minimum Gasteiger partial charge on any atom is -0.445 e. The predicted octanol–water partition coefficient (Wildman–Crippen LogP) is 2.19. The van der Waals surface area contributed by atoms with Crippen molar-refractivity contribution in [2.75, 3.05) is 7.05 Å². The molecule has 1 N–H and O–H groups in total. The monoisotopic (exact) mass is 392 g/mol. The topological polar surface area (TPSA) is 123 Å². The van der Waals surface area contributed by atoms with Crippen LogP contribution in [0.25, 0.3) is 0 Å². The lowest BCUT2D eigenvalue weighted by Gasteiger charge is -2.22. The first kappa shape index (κ1) is 20.5. The molecule has 27 heavy (non-hydrogen) atoms. The number of rotatable bonds is 6. The van der Waals surface area contributed by atoms with Gasteiger partial charge < -0.3 is 14.2 Å². The van der Waals surface area contributed by atoms with Crippen LogP contribution in [0.3, 0.4) is 0 Å². The van der Waals surface area contributed by atoms with Gasteiger partial charge in [-0.25, -0.2) is 4.79 Å². The summed E-state index contributed by atoms with van der Waals surface area (Å²) in [6.45, 7) is 1.24. The Morgan fingerprint density at radius 2 is 2.11 bits per heavy atom. The van der Waals surface area contributed by atoms with E-state index in [1.807, 2.05) is 6.07 Å². The fourth-order valence-corrected chi connectivity index (χ4v) is 4.29. The maximum absolute atomic E-state index is 12.7. The number of nitrogens with zero attached hydrogens (tertiary/aromatic N) is 1. The standard InChI is InChI=1S/C18H20N2O6S/c1-12(21)15-5-3-4-6-17(15)27(23,24)26-16-8-7-13(9-14(16)10-19)11-25-18(22)20-2/h5,7-9,17H,3-4,6,11H2,1-2H3,(H,20,22). The summed E-state index contributed by atoms with van der Waals surface area (Å²) in [6.07, 6.45) is 2.56. The van der Waals surface area contributed by atoms with Crippen molar-refractivity contribution in [1.29, 1.82) is 5.26 Å². The Kier molecular flexibility index (Phi) is 6.58. The molecule has 144 valence electrons. The van der Waals surface area contributed by atoms with E-state index in [1.54, 1.807) is 6.08 Å². The molecule has 0 aliphatic heterocycles. The number of hydrogen-bond donors (Lipinski definition) is 1. The molecule has 0 radical (unpaired) electrons. The number of benzene rings is 1. The average Bonchev–Trinajstić information content (AvgIpc) is 2.66. The van der Waals surface area contributed by atoms with Crippen molar-refractivity contribution in [3.63, 3.8) is 0 Å². The zero-order chi connectivity index (χ0) is 20.0. The Morgan fingerprint density at radius 1 is 1.37 bits per heavy atom. The Labute approximate surface area is 157 Å². The van der Waals surface area contributed by atoms with E-state index in [2.05, 4.69) is 5.32 Å². The molecule has 0 bridgehead atoms. The van der Waals surface area contributed by atoms with Gasteiger partial charge in [0.25, 0.3) is 0 Å². The number of carbonyl (C=O) groups excluding carboxylic acids is 2. The first-order valence-corrected chi connectivity index (χ1v) is 9.77. The Morgan fingerprint density at radius 3 is 2.74 bits per heavy atom. The molecule has 9 heteroatoms. The lowest BCUT2D eigenvalue weighted by Crippen LogP contribution is -2.32. The summed E-state index contributed by atoms with van der Waals surface area (Å²) in [4.78, 5) is 22.9. The van der Waals surface area contributed by atoms with Crippen molar-refractivity contribution in [3.05, 3.63) is 41.0 Å². The van der Waals surface area contributed by atoms with Gasteiger partial charge in [0.05, 0.1) is 5.56 Å². The molecule has 2 rings (SSSR count). The van der Waals surface area contributed by atoms with E-state index in [0.29, 0.717) is 18.4 Å². The molecule has 0 heterocycles. The minimum atomic E-state index is -4.14. The highest BCUT2D eigenvalue weighted by molar-refractivity contribution is 7.88. The normalized spacial score (nSPS) is 16.6. The molecule has 1 aliphatic carbocycles. The number of allylic oxidation sites excluding steroid dienone is 1. The summed E-state index contributed by atoms with van der Waals surface area (Å²) in [6, 6.07) is 6.08. The second-order valence-electron chi connectivity index (χ2n) is 5.98. The second kappa shape index (κ2) is 8.68. The van der Waals surface area contributed by atoms with Gasteiger partial charge in [-0.1, -0.05) is 12.1 Å². The van der Waals surface area contributed by atoms with Crippen LogP contribution < -0.4 is 9.50 Å². The molecule has 0 aromatic heterocycles. The maximum atomic E-state index is 12.7. The Hall–Kier alpha value is -2.86. The smallest absolute Gasteiger partial charge is 0.407 e. The summed E-state index contributed by atoms with van der Waals surface area (Å²) in [5.41, 5.74) is 0.706. The van der Waals surface area contributed by atoms with Gasteiger partial charge in [0, 0.05) is 12.6 Å². The lowest BCUT2D eigenvalue weighted by molar-refractivity contribution is -0.113. The third-order valence-corrected chi connectivity index (χ3v) is 5.68. The number of ether oxygens (including phenoxy) is 1. The van der Waals surface area contributed by atoms with E-state index in [-0.39, 0.29) is 35.7 Å². The summed E-state index contributed by atoms with van der Waals surface area (Å²) in [7, 11) is -2.72. The molecular formula is C18H20N2O6S. The van der Waals surface area contributed by atoms with E-state index in [1.165, 1.54) is 32.2 Å². The van der Waals surface area contributed by atoms with Crippen LogP contribution in [0.5, 0.6) is 5.75 Å². The predicted molar refractivity (Wildman–Crippen MR) is 96.4 cm³/mol. The van der Waals surface area contributed by atoms with Crippen molar-refractivity contribution in [2.24, 2.45) is 0 Å². The highest BCUT2D eigenvalue weighted by Gasteiger charge is 2.35. The molecule has 0 fully saturated rings. The largest absolute Gasteiger partial charge is 0.445 e. The highest BCUT2D eigenvalue weighted by atomic mass is 32.2. The van der Waals surface area contributed by atoms with Gasteiger partial charge in [-0.15, -0.1) is 0 Å². The van der Waals surface area contributed by atoms with Gasteiger partial charge in [-0.2, -0.15) is 13.7 Å². The zero-order valence-electron chi connectivity index (χ0n) is 15.0. The molecular weight excluding hydrogens is 372 g/mol. The van der Waals surface area contributed by atoms with Crippen molar-refractivity contribution in [3.8, 4) is 11.8 Å². The summed E-state index contributed by atoms with van der Waals surface area (Å²) < 4.78 is 35.4. The highest BCUT2D eigenvalue weighted by Crippen LogP contribution is 2.29. The summed E-state index contributed by atoms with van der Waals surface area (Å²) >= 11 is 0. The van der Waals surface area contributed by atoms with Crippen LogP contribution in [0.4, 0.5) is 4.79 Å². The van der Waals surface area contributed by atoms with Gasteiger partial charge in [0.1, 0.15) is 17.9 Å². The number of Topliss-reactive ketones (excluding diaryl/α,β-unsaturated/α-hetero) is 1. The van der Waals surface area contributed by atoms with Crippen molar-refractivity contribution < 1.29 is 26.9 Å².